The summed E-state index contributed by atoms with van der Waals surface area (Å²) in [5.74, 6) is -0.846. The quantitative estimate of drug-likeness (QED) is 0.269. The SMILES string of the molecule is COC(=O)c1cnc2c(Cl)c(Cl)ccc2c1Nc1cccc(O[C@H]2O[C@@H](CO)[C@@H](O)[C@H](O)[C@@H]2NC(C)=O)c1. The number of nitrogens with one attached hydrogen (secondary N) is 2. The Morgan fingerprint density at radius 2 is 1.92 bits per heavy atom. The number of methoxy groups -OCH3 is 1. The Bertz CT molecular complexity index is 1360. The molecule has 5 atom stereocenters. The highest BCUT2D eigenvalue weighted by Crippen LogP contribution is 2.37. The molecule has 3 aromatic rings. The first-order valence-corrected chi connectivity index (χ1v) is 12.2. The molecular formula is C25H25Cl2N3O8. The predicted octanol–water partition coefficient (Wildman–Crippen LogP) is 2.39. The van der Waals surface area contributed by atoms with E-state index in [0.29, 0.717) is 27.3 Å². The van der Waals surface area contributed by atoms with Crippen molar-refractivity contribution in [3.05, 3.63) is 58.2 Å². The summed E-state index contributed by atoms with van der Waals surface area (Å²) in [4.78, 5) is 28.5. The minimum absolute atomic E-state index is 0.147. The van der Waals surface area contributed by atoms with Crippen LogP contribution in [0.4, 0.5) is 11.4 Å². The average Bonchev–Trinajstić information content (AvgIpc) is 2.90. The number of rotatable bonds is 7. The topological polar surface area (TPSA) is 159 Å². The van der Waals surface area contributed by atoms with Crippen molar-refractivity contribution in [1.82, 2.24) is 10.3 Å². The number of nitrogens with zero attached hydrogens (tertiary/aromatic N) is 1. The van der Waals surface area contributed by atoms with Crippen LogP contribution in [0.15, 0.2) is 42.6 Å². The molecule has 1 aliphatic heterocycles. The number of carbonyl (C=O) groups is 2. The maximum Gasteiger partial charge on any atom is 0.341 e. The first-order valence-electron chi connectivity index (χ1n) is 11.4. The van der Waals surface area contributed by atoms with E-state index in [1.54, 1.807) is 36.4 Å². The van der Waals surface area contributed by atoms with Crippen molar-refractivity contribution in [2.45, 2.75) is 37.6 Å². The molecule has 0 spiro atoms. The third kappa shape index (κ3) is 5.63. The summed E-state index contributed by atoms with van der Waals surface area (Å²) >= 11 is 12.5. The highest BCUT2D eigenvalue weighted by Gasteiger charge is 2.46. The zero-order valence-electron chi connectivity index (χ0n) is 20.2. The van der Waals surface area contributed by atoms with Gasteiger partial charge in [-0.2, -0.15) is 0 Å². The lowest BCUT2D eigenvalue weighted by atomic mass is 9.97. The number of carbonyl (C=O) groups excluding carboxylic acids is 2. The summed E-state index contributed by atoms with van der Waals surface area (Å²) in [6, 6.07) is 8.69. The maximum absolute atomic E-state index is 12.5. The van der Waals surface area contributed by atoms with Gasteiger partial charge in [0.05, 0.1) is 35.0 Å². The van der Waals surface area contributed by atoms with E-state index >= 15 is 0 Å². The smallest absolute Gasteiger partial charge is 0.341 e. The molecule has 1 saturated heterocycles. The van der Waals surface area contributed by atoms with Gasteiger partial charge < -0.3 is 40.2 Å². The van der Waals surface area contributed by atoms with Gasteiger partial charge in [0, 0.05) is 30.3 Å². The van der Waals surface area contributed by atoms with Gasteiger partial charge in [-0.15, -0.1) is 0 Å². The molecule has 0 bridgehead atoms. The molecule has 1 fully saturated rings. The highest BCUT2D eigenvalue weighted by molar-refractivity contribution is 6.45. The number of benzene rings is 2. The van der Waals surface area contributed by atoms with Gasteiger partial charge in [-0.1, -0.05) is 29.3 Å². The van der Waals surface area contributed by atoms with Crippen molar-refractivity contribution in [1.29, 1.82) is 0 Å². The van der Waals surface area contributed by atoms with Gasteiger partial charge >= 0.3 is 5.97 Å². The number of ether oxygens (including phenoxy) is 3. The molecule has 4 rings (SSSR count). The van der Waals surface area contributed by atoms with Crippen LogP contribution in [0, 0.1) is 0 Å². The first kappa shape index (κ1) is 27.8. The van der Waals surface area contributed by atoms with E-state index in [1.807, 2.05) is 0 Å². The van der Waals surface area contributed by atoms with Crippen LogP contribution in [0.3, 0.4) is 0 Å². The molecule has 1 amide bonds. The molecular weight excluding hydrogens is 541 g/mol. The average molecular weight is 566 g/mol. The summed E-state index contributed by atoms with van der Waals surface area (Å²) in [7, 11) is 1.25. The second-order valence-corrected chi connectivity index (χ2v) is 9.28. The molecule has 2 aromatic carbocycles. The lowest BCUT2D eigenvalue weighted by Crippen LogP contribution is -2.65. The van der Waals surface area contributed by atoms with Gasteiger partial charge in [0.15, 0.2) is 0 Å². The summed E-state index contributed by atoms with van der Waals surface area (Å²) < 4.78 is 16.5. The van der Waals surface area contributed by atoms with Crippen LogP contribution in [0.25, 0.3) is 10.9 Å². The number of halogens is 2. The third-order valence-electron chi connectivity index (χ3n) is 5.94. The zero-order chi connectivity index (χ0) is 27.6. The molecule has 0 aliphatic carbocycles. The number of aromatic nitrogens is 1. The molecule has 38 heavy (non-hydrogen) atoms. The van der Waals surface area contributed by atoms with Gasteiger partial charge in [-0.25, -0.2) is 4.79 Å². The largest absolute Gasteiger partial charge is 0.465 e. The molecule has 13 heteroatoms. The van der Waals surface area contributed by atoms with Crippen molar-refractivity contribution in [2.75, 3.05) is 19.0 Å². The Labute approximate surface area is 227 Å². The standard InChI is InChI=1S/C25H25Cl2N3O8/c1-11(32)29-21-23(34)22(33)17(10-31)38-25(21)37-13-5-3-4-12(8-13)30-19-14-6-7-16(26)18(27)20(14)28-9-15(19)24(35)36-2/h3-9,17,21-23,25,31,33-34H,10H2,1-2H3,(H,28,30)(H,29,32)/t17-,21-,22+,23+,25-/m0/s1. The van der Waals surface area contributed by atoms with E-state index in [0.717, 1.165) is 0 Å². The summed E-state index contributed by atoms with van der Waals surface area (Å²) in [5, 5.41) is 37.0. The van der Waals surface area contributed by atoms with Gasteiger partial charge in [0.2, 0.25) is 12.2 Å². The van der Waals surface area contributed by atoms with E-state index in [1.165, 1.54) is 20.2 Å². The van der Waals surface area contributed by atoms with E-state index in [-0.39, 0.29) is 16.3 Å². The van der Waals surface area contributed by atoms with E-state index < -0.39 is 49.1 Å². The van der Waals surface area contributed by atoms with Crippen LogP contribution >= 0.6 is 23.2 Å². The van der Waals surface area contributed by atoms with Crippen molar-refractivity contribution >= 4 is 57.4 Å². The molecule has 5 N–H and O–H groups in total. The third-order valence-corrected chi connectivity index (χ3v) is 6.74. The number of anilines is 2. The van der Waals surface area contributed by atoms with Crippen molar-refractivity contribution in [3.63, 3.8) is 0 Å². The summed E-state index contributed by atoms with van der Waals surface area (Å²) in [6.07, 6.45) is -3.95. The fraction of sp³-hybridized carbons (Fsp3) is 0.320. The number of esters is 1. The maximum atomic E-state index is 12.5. The fourth-order valence-corrected chi connectivity index (χ4v) is 4.47. The lowest BCUT2D eigenvalue weighted by Gasteiger charge is -2.42. The molecule has 11 nitrogen and oxygen atoms in total. The predicted molar refractivity (Wildman–Crippen MR) is 139 cm³/mol. The molecule has 2 heterocycles. The number of amides is 1. The zero-order valence-corrected chi connectivity index (χ0v) is 21.7. The summed E-state index contributed by atoms with van der Waals surface area (Å²) in [6.45, 7) is 0.667. The molecule has 1 aliphatic rings. The van der Waals surface area contributed by atoms with Crippen LogP contribution in [-0.4, -0.2) is 76.5 Å². The van der Waals surface area contributed by atoms with Gasteiger partial charge in [-0.05, 0) is 24.3 Å². The molecule has 0 saturated carbocycles. The Kier molecular flexibility index (Phi) is 8.56. The van der Waals surface area contributed by atoms with Crippen LogP contribution in [0.5, 0.6) is 5.75 Å². The van der Waals surface area contributed by atoms with Crippen LogP contribution in [0.2, 0.25) is 10.0 Å². The molecule has 202 valence electrons. The Balaban J connectivity index is 1.68. The lowest BCUT2D eigenvalue weighted by molar-refractivity contribution is -0.244. The normalized spacial score (nSPS) is 23.1. The van der Waals surface area contributed by atoms with Gasteiger partial charge in [-0.3, -0.25) is 9.78 Å². The van der Waals surface area contributed by atoms with E-state index in [9.17, 15) is 24.9 Å². The van der Waals surface area contributed by atoms with Crippen molar-refractivity contribution in [2.24, 2.45) is 0 Å². The minimum Gasteiger partial charge on any atom is -0.465 e. The Morgan fingerprint density at radius 1 is 1.16 bits per heavy atom. The number of aliphatic hydroxyl groups excluding tert-OH is 3. The number of pyridine rings is 1. The Hall–Kier alpha value is -3.19. The summed E-state index contributed by atoms with van der Waals surface area (Å²) in [5.41, 5.74) is 1.37. The van der Waals surface area contributed by atoms with Crippen molar-refractivity contribution < 1.29 is 39.1 Å². The van der Waals surface area contributed by atoms with Crippen LogP contribution in [-0.2, 0) is 14.3 Å². The first-order chi connectivity index (χ1) is 18.1. The van der Waals surface area contributed by atoms with Crippen LogP contribution < -0.4 is 15.4 Å². The van der Waals surface area contributed by atoms with E-state index in [4.69, 9.17) is 37.4 Å². The Morgan fingerprint density at radius 3 is 2.61 bits per heavy atom. The van der Waals surface area contributed by atoms with Crippen LogP contribution in [0.1, 0.15) is 17.3 Å². The molecule has 0 unspecified atom stereocenters. The molecule has 0 radical (unpaired) electrons. The number of aliphatic hydroxyl groups is 3. The minimum atomic E-state index is -1.46. The van der Waals surface area contributed by atoms with Crippen molar-refractivity contribution in [3.8, 4) is 5.75 Å². The van der Waals surface area contributed by atoms with Gasteiger partial charge in [0.1, 0.15) is 35.7 Å². The molecule has 1 aromatic heterocycles. The monoisotopic (exact) mass is 565 g/mol. The highest BCUT2D eigenvalue weighted by atomic mass is 35.5. The van der Waals surface area contributed by atoms with Gasteiger partial charge in [0.25, 0.3) is 0 Å². The second-order valence-electron chi connectivity index (χ2n) is 8.50. The number of hydrogen-bond acceptors (Lipinski definition) is 10. The van der Waals surface area contributed by atoms with E-state index in [2.05, 4.69) is 15.6 Å². The fourth-order valence-electron chi connectivity index (χ4n) is 4.10. The number of hydrogen-bond donors (Lipinski definition) is 5. The second kappa shape index (κ2) is 11.7. The number of fused-ring (bicyclic) bond motifs is 1.